The lowest BCUT2D eigenvalue weighted by atomic mass is 9.85. The van der Waals surface area contributed by atoms with Crippen LogP contribution in [0.4, 0.5) is 5.69 Å². The van der Waals surface area contributed by atoms with E-state index in [4.69, 9.17) is 0 Å². The van der Waals surface area contributed by atoms with Crippen LogP contribution in [0.25, 0.3) is 17.0 Å². The number of fused-ring (bicyclic) bond motifs is 9. The van der Waals surface area contributed by atoms with Crippen molar-refractivity contribution in [3.63, 3.8) is 0 Å². The molecule has 0 spiro atoms. The molecule has 2 saturated heterocycles. The number of hydrogen-bond donors (Lipinski definition) is 3. The molecule has 7 heteroatoms. The fourth-order valence-corrected chi connectivity index (χ4v) is 6.68. The zero-order valence-corrected chi connectivity index (χ0v) is 22.6. The second kappa shape index (κ2) is 7.96. The predicted octanol–water partition coefficient (Wildman–Crippen LogP) is 4.90. The summed E-state index contributed by atoms with van der Waals surface area (Å²) in [6.45, 7) is 8.31. The van der Waals surface area contributed by atoms with Gasteiger partial charge in [0.1, 0.15) is 23.5 Å². The van der Waals surface area contributed by atoms with E-state index < -0.39 is 23.2 Å². The highest BCUT2D eigenvalue weighted by molar-refractivity contribution is 6.10. The van der Waals surface area contributed by atoms with Gasteiger partial charge in [-0.2, -0.15) is 0 Å². The van der Waals surface area contributed by atoms with E-state index in [1.54, 1.807) is 11.1 Å². The zero-order valence-electron chi connectivity index (χ0n) is 22.6. The first-order valence-electron chi connectivity index (χ1n) is 13.5. The summed E-state index contributed by atoms with van der Waals surface area (Å²) in [4.78, 5) is 34.9. The molecule has 3 aromatic rings. The summed E-state index contributed by atoms with van der Waals surface area (Å²) in [6.07, 6.45) is 7.84. The maximum Gasteiger partial charge on any atom is 0.273 e. The van der Waals surface area contributed by atoms with Crippen LogP contribution in [0.5, 0.6) is 0 Å². The molecule has 7 rings (SSSR count). The summed E-state index contributed by atoms with van der Waals surface area (Å²) < 4.78 is 0. The molecule has 2 amide bonds. The maximum absolute atomic E-state index is 14.3. The standard InChI is InChI=1S/C32H32N4O3/c1-18(2)12-13-19-8-7-10-22-26(19)34-30-32(22,39)17-25-28(37)35-15-14-31(3,4)27-21(16-24(35)29(38)36(25)30)20-9-5-6-11-23(20)33-27/h5-12,14-16,25,30,33-34,39H,13,17H2,1-4H3/b15-14-,24-16-/t25-,30-,32+/m0/s1. The molecule has 0 radical (unpaired) electrons. The molecule has 7 nitrogen and oxygen atoms in total. The number of carbonyl (C=O) groups excluding carboxylic acids is 2. The number of nitrogens with one attached hydrogen (secondary N) is 2. The summed E-state index contributed by atoms with van der Waals surface area (Å²) in [6, 6.07) is 13.1. The number of carbonyl (C=O) groups is 2. The fraction of sp³-hybridized carbons (Fsp3) is 0.312. The van der Waals surface area contributed by atoms with Gasteiger partial charge in [-0.05, 0) is 38.0 Å². The van der Waals surface area contributed by atoms with Gasteiger partial charge in [-0.1, -0.05) is 68.0 Å². The third kappa shape index (κ3) is 3.26. The number of para-hydroxylation sites is 2. The summed E-state index contributed by atoms with van der Waals surface area (Å²) in [5.74, 6) is -0.477. The van der Waals surface area contributed by atoms with Gasteiger partial charge in [0.15, 0.2) is 0 Å². The first-order chi connectivity index (χ1) is 18.6. The highest BCUT2D eigenvalue weighted by Crippen LogP contribution is 2.52. The van der Waals surface area contributed by atoms with E-state index in [0.29, 0.717) is 5.70 Å². The molecule has 198 valence electrons. The minimum Gasteiger partial charge on any atom is -0.381 e. The molecule has 2 aromatic carbocycles. The van der Waals surface area contributed by atoms with Gasteiger partial charge in [-0.25, -0.2) is 0 Å². The Morgan fingerprint density at radius 2 is 1.92 bits per heavy atom. The van der Waals surface area contributed by atoms with Gasteiger partial charge >= 0.3 is 0 Å². The van der Waals surface area contributed by atoms with Gasteiger partial charge in [-0.3, -0.25) is 14.5 Å². The number of aromatic nitrogens is 1. The van der Waals surface area contributed by atoms with E-state index >= 15 is 0 Å². The van der Waals surface area contributed by atoms with Crippen LogP contribution in [-0.2, 0) is 27.0 Å². The minimum absolute atomic E-state index is 0.147. The number of benzene rings is 2. The van der Waals surface area contributed by atoms with Crippen molar-refractivity contribution in [2.75, 3.05) is 5.32 Å². The highest BCUT2D eigenvalue weighted by atomic mass is 16.3. The smallest absolute Gasteiger partial charge is 0.273 e. The number of allylic oxidation sites excluding steroid dienone is 3. The lowest BCUT2D eigenvalue weighted by molar-refractivity contribution is -0.148. The quantitative estimate of drug-likeness (QED) is 0.419. The minimum atomic E-state index is -1.36. The van der Waals surface area contributed by atoms with Crippen molar-refractivity contribution in [2.24, 2.45) is 0 Å². The first-order valence-corrected chi connectivity index (χ1v) is 13.5. The Morgan fingerprint density at radius 3 is 2.72 bits per heavy atom. The first kappa shape index (κ1) is 24.0. The van der Waals surface area contributed by atoms with Crippen LogP contribution < -0.4 is 5.32 Å². The molecule has 0 unspecified atom stereocenters. The number of hydrogen-bond acceptors (Lipinski definition) is 4. The number of amides is 2. The van der Waals surface area contributed by atoms with E-state index in [9.17, 15) is 14.7 Å². The van der Waals surface area contributed by atoms with E-state index in [-0.39, 0.29) is 18.2 Å². The van der Waals surface area contributed by atoms with Crippen molar-refractivity contribution in [3.8, 4) is 0 Å². The van der Waals surface area contributed by atoms with Crippen molar-refractivity contribution < 1.29 is 14.7 Å². The van der Waals surface area contributed by atoms with E-state index in [2.05, 4.69) is 44.1 Å². The summed E-state index contributed by atoms with van der Waals surface area (Å²) in [5.41, 5.74) is 5.29. The van der Waals surface area contributed by atoms with E-state index in [1.165, 1.54) is 10.5 Å². The Balaban J connectivity index is 1.35. The summed E-state index contributed by atoms with van der Waals surface area (Å²) in [5, 5.41) is 16.5. The third-order valence-electron chi connectivity index (χ3n) is 8.75. The van der Waals surface area contributed by atoms with Crippen molar-refractivity contribution in [1.82, 2.24) is 14.8 Å². The zero-order chi connectivity index (χ0) is 27.3. The monoisotopic (exact) mass is 520 g/mol. The molecule has 4 aliphatic heterocycles. The van der Waals surface area contributed by atoms with E-state index in [1.807, 2.05) is 54.6 Å². The molecule has 39 heavy (non-hydrogen) atoms. The van der Waals surface area contributed by atoms with Crippen LogP contribution in [0.15, 0.2) is 72.1 Å². The Morgan fingerprint density at radius 1 is 1.13 bits per heavy atom. The van der Waals surface area contributed by atoms with Crippen LogP contribution in [0.2, 0.25) is 0 Å². The number of nitrogens with zero attached hydrogens (tertiary/aromatic N) is 2. The number of piperazine rings is 1. The normalized spacial score (nSPS) is 28.3. The van der Waals surface area contributed by atoms with E-state index in [0.717, 1.165) is 45.4 Å². The lowest BCUT2D eigenvalue weighted by Crippen LogP contribution is -2.58. The number of H-pyrrole nitrogens is 1. The second-order valence-corrected chi connectivity index (χ2v) is 12.0. The maximum atomic E-state index is 14.3. The molecule has 3 N–H and O–H groups in total. The topological polar surface area (TPSA) is 88.7 Å². The van der Waals surface area contributed by atoms with Gasteiger partial charge in [0.05, 0.1) is 0 Å². The molecule has 3 atom stereocenters. The summed E-state index contributed by atoms with van der Waals surface area (Å²) >= 11 is 0. The molecule has 0 bridgehead atoms. The Kier molecular flexibility index (Phi) is 4.89. The van der Waals surface area contributed by atoms with Crippen molar-refractivity contribution in [2.45, 2.75) is 63.8 Å². The van der Waals surface area contributed by atoms with Crippen molar-refractivity contribution >= 4 is 34.5 Å². The highest BCUT2D eigenvalue weighted by Gasteiger charge is 2.63. The molecular formula is C32H32N4O3. The average molecular weight is 521 g/mol. The van der Waals surface area contributed by atoms with Crippen LogP contribution >= 0.6 is 0 Å². The molecule has 0 aliphatic carbocycles. The molecular weight excluding hydrogens is 488 g/mol. The molecule has 0 saturated carbocycles. The van der Waals surface area contributed by atoms with Gasteiger partial charge in [0.2, 0.25) is 0 Å². The molecule has 5 heterocycles. The van der Waals surface area contributed by atoms with Gasteiger partial charge in [0.25, 0.3) is 11.8 Å². The van der Waals surface area contributed by atoms with Gasteiger partial charge in [0, 0.05) is 51.4 Å². The van der Waals surface area contributed by atoms with Crippen LogP contribution in [0, 0.1) is 0 Å². The second-order valence-electron chi connectivity index (χ2n) is 12.0. The number of rotatable bonds is 2. The largest absolute Gasteiger partial charge is 0.381 e. The number of aromatic amines is 1. The molecule has 4 aliphatic rings. The Hall–Kier alpha value is -4.10. The Bertz CT molecular complexity index is 1670. The number of aliphatic hydroxyl groups is 1. The van der Waals surface area contributed by atoms with Crippen LogP contribution in [0.3, 0.4) is 0 Å². The van der Waals surface area contributed by atoms with Gasteiger partial charge in [-0.15, -0.1) is 0 Å². The Labute approximate surface area is 227 Å². The summed E-state index contributed by atoms with van der Waals surface area (Å²) in [7, 11) is 0. The molecule has 2 fully saturated rings. The third-order valence-corrected chi connectivity index (χ3v) is 8.75. The van der Waals surface area contributed by atoms with Crippen LogP contribution in [0.1, 0.15) is 56.5 Å². The van der Waals surface area contributed by atoms with Crippen LogP contribution in [-0.4, -0.2) is 43.9 Å². The van der Waals surface area contributed by atoms with Crippen molar-refractivity contribution in [3.05, 3.63) is 94.5 Å². The van der Waals surface area contributed by atoms with Gasteiger partial charge < -0.3 is 20.3 Å². The van der Waals surface area contributed by atoms with Crippen molar-refractivity contribution in [1.29, 1.82) is 0 Å². The lowest BCUT2D eigenvalue weighted by Gasteiger charge is -2.40. The fourth-order valence-electron chi connectivity index (χ4n) is 6.68. The SMILES string of the molecule is CC(C)=CCc1cccc2c1N[C@H]1N3C(=O)/C4=C/c5c([nH]c6ccccc56)C(C)(C)/C=C\N4C(=O)[C@@H]3C[C@@]21O. The average Bonchev–Trinajstić information content (AvgIpc) is 3.51. The predicted molar refractivity (Wildman–Crippen MR) is 151 cm³/mol. The number of anilines is 1. The molecule has 1 aromatic heterocycles.